The van der Waals surface area contributed by atoms with Gasteiger partial charge in [0.1, 0.15) is 11.1 Å². The first-order valence-corrected chi connectivity index (χ1v) is 9.68. The van der Waals surface area contributed by atoms with Crippen molar-refractivity contribution in [2.45, 2.75) is 32.4 Å². The molecule has 0 radical (unpaired) electrons. The van der Waals surface area contributed by atoms with Crippen LogP contribution in [0.15, 0.2) is 17.1 Å². The molecule has 29 heavy (non-hydrogen) atoms. The number of ether oxygens (including phenoxy) is 1. The lowest BCUT2D eigenvalue weighted by molar-refractivity contribution is 0.0356. The molecular weight excluding hydrogens is 374 g/mol. The zero-order valence-electron chi connectivity index (χ0n) is 16.8. The molecule has 10 heteroatoms. The highest BCUT2D eigenvalue weighted by atomic mass is 16.5. The molecule has 4 heterocycles. The SMILES string of the molecule is CCn1cc(-c2cc(C(=O)N(C)C3CCOCC3)n(C)n2)c2[nH]nc(N)c2c1=O. The molecule has 1 fully saturated rings. The fraction of sp³-hybridized carbons (Fsp3) is 0.474. The number of H-pyrrole nitrogens is 1. The van der Waals surface area contributed by atoms with Crippen molar-refractivity contribution in [2.75, 3.05) is 26.0 Å². The number of hydrogen-bond donors (Lipinski definition) is 2. The molecule has 1 amide bonds. The van der Waals surface area contributed by atoms with Crippen molar-refractivity contribution >= 4 is 22.6 Å². The molecule has 1 aliphatic rings. The van der Waals surface area contributed by atoms with Crippen LogP contribution in [0.5, 0.6) is 0 Å². The third-order valence-corrected chi connectivity index (χ3v) is 5.60. The molecular formula is C19H25N7O3. The molecule has 3 N–H and O–H groups in total. The molecule has 0 aromatic carbocycles. The number of amides is 1. The maximum atomic E-state index is 13.1. The van der Waals surface area contributed by atoms with Crippen molar-refractivity contribution in [1.29, 1.82) is 0 Å². The molecule has 3 aromatic heterocycles. The third-order valence-electron chi connectivity index (χ3n) is 5.60. The number of nitrogen functional groups attached to an aromatic ring is 1. The minimum atomic E-state index is -0.205. The average Bonchev–Trinajstić information content (AvgIpc) is 3.31. The first-order valence-electron chi connectivity index (χ1n) is 9.68. The van der Waals surface area contributed by atoms with Crippen LogP contribution in [0.2, 0.25) is 0 Å². The Kier molecular flexibility index (Phi) is 4.87. The molecule has 10 nitrogen and oxygen atoms in total. The van der Waals surface area contributed by atoms with Crippen LogP contribution in [0.25, 0.3) is 22.2 Å². The normalized spacial score (nSPS) is 15.1. The van der Waals surface area contributed by atoms with E-state index in [1.807, 2.05) is 14.0 Å². The van der Waals surface area contributed by atoms with Gasteiger partial charge in [-0.05, 0) is 25.8 Å². The topological polar surface area (TPSA) is 124 Å². The summed E-state index contributed by atoms with van der Waals surface area (Å²) in [6, 6.07) is 1.89. The van der Waals surface area contributed by atoms with Crippen LogP contribution in [-0.4, -0.2) is 61.7 Å². The van der Waals surface area contributed by atoms with Crippen LogP contribution in [0.4, 0.5) is 5.82 Å². The molecule has 0 saturated carbocycles. The Morgan fingerprint density at radius 3 is 2.83 bits per heavy atom. The Balaban J connectivity index is 1.76. The molecule has 1 saturated heterocycles. The maximum Gasteiger partial charge on any atom is 0.272 e. The predicted molar refractivity (Wildman–Crippen MR) is 109 cm³/mol. The summed E-state index contributed by atoms with van der Waals surface area (Å²) >= 11 is 0. The van der Waals surface area contributed by atoms with E-state index >= 15 is 0 Å². The van der Waals surface area contributed by atoms with Crippen LogP contribution < -0.4 is 11.3 Å². The first kappa shape index (κ1) is 19.2. The number of nitrogens with two attached hydrogens (primary N) is 1. The number of pyridine rings is 1. The van der Waals surface area contributed by atoms with Gasteiger partial charge in [-0.1, -0.05) is 0 Å². The highest BCUT2D eigenvalue weighted by Crippen LogP contribution is 2.28. The van der Waals surface area contributed by atoms with E-state index in [2.05, 4.69) is 15.3 Å². The fourth-order valence-corrected chi connectivity index (χ4v) is 3.84. The molecule has 0 spiro atoms. The van der Waals surface area contributed by atoms with Gasteiger partial charge in [-0.2, -0.15) is 10.2 Å². The number of aryl methyl sites for hydroxylation is 2. The van der Waals surface area contributed by atoms with Crippen LogP contribution >= 0.6 is 0 Å². The number of rotatable bonds is 4. The number of carbonyl (C=O) groups excluding carboxylic acids is 1. The molecule has 0 atom stereocenters. The summed E-state index contributed by atoms with van der Waals surface area (Å²) in [6.07, 6.45) is 3.37. The number of nitrogens with one attached hydrogen (secondary N) is 1. The van der Waals surface area contributed by atoms with E-state index in [0.29, 0.717) is 47.6 Å². The van der Waals surface area contributed by atoms with Crippen LogP contribution in [0.1, 0.15) is 30.3 Å². The monoisotopic (exact) mass is 399 g/mol. The summed E-state index contributed by atoms with van der Waals surface area (Å²) in [4.78, 5) is 27.4. The van der Waals surface area contributed by atoms with E-state index in [1.54, 1.807) is 33.5 Å². The first-order chi connectivity index (χ1) is 13.9. The van der Waals surface area contributed by atoms with Crippen LogP contribution in [0, 0.1) is 0 Å². The summed E-state index contributed by atoms with van der Waals surface area (Å²) in [7, 11) is 3.55. The van der Waals surface area contributed by atoms with E-state index in [-0.39, 0.29) is 23.3 Å². The van der Waals surface area contributed by atoms with Crippen molar-refractivity contribution < 1.29 is 9.53 Å². The van der Waals surface area contributed by atoms with Crippen LogP contribution in [-0.2, 0) is 18.3 Å². The molecule has 154 valence electrons. The summed E-state index contributed by atoms with van der Waals surface area (Å²) in [5.74, 6) is 0.0582. The van der Waals surface area contributed by atoms with Crippen molar-refractivity contribution in [3.63, 3.8) is 0 Å². The number of fused-ring (bicyclic) bond motifs is 1. The van der Waals surface area contributed by atoms with E-state index in [0.717, 1.165) is 12.8 Å². The minimum Gasteiger partial charge on any atom is -0.382 e. The standard InChI is InChI=1S/C19H25N7O3/c1-4-26-10-12(16-15(19(26)28)17(20)22-21-16)13-9-14(25(3)23-13)18(27)24(2)11-5-7-29-8-6-11/h9-11H,4-8H2,1-3H3,(H3,20,21,22). The van der Waals surface area contributed by atoms with Gasteiger partial charge in [-0.3, -0.25) is 19.4 Å². The lowest BCUT2D eigenvalue weighted by Gasteiger charge is -2.31. The number of aromatic amines is 1. The molecule has 0 unspecified atom stereocenters. The van der Waals surface area contributed by atoms with E-state index in [9.17, 15) is 9.59 Å². The molecule has 1 aliphatic heterocycles. The number of carbonyl (C=O) groups is 1. The second-order valence-corrected chi connectivity index (χ2v) is 7.29. The van der Waals surface area contributed by atoms with Gasteiger partial charge in [0.2, 0.25) is 0 Å². The fourth-order valence-electron chi connectivity index (χ4n) is 3.84. The predicted octanol–water partition coefficient (Wildman–Crippen LogP) is 0.978. The lowest BCUT2D eigenvalue weighted by Crippen LogP contribution is -2.41. The Bertz CT molecular complexity index is 1120. The maximum absolute atomic E-state index is 13.1. The second-order valence-electron chi connectivity index (χ2n) is 7.29. The largest absolute Gasteiger partial charge is 0.382 e. The van der Waals surface area contributed by atoms with Crippen molar-refractivity contribution in [2.24, 2.45) is 7.05 Å². The molecule has 4 rings (SSSR count). The third kappa shape index (κ3) is 3.19. The highest BCUT2D eigenvalue weighted by molar-refractivity contribution is 5.99. The van der Waals surface area contributed by atoms with Gasteiger partial charge in [0.25, 0.3) is 11.5 Å². The summed E-state index contributed by atoms with van der Waals surface area (Å²) in [5.41, 5.74) is 7.94. The lowest BCUT2D eigenvalue weighted by atomic mass is 10.1. The average molecular weight is 399 g/mol. The van der Waals surface area contributed by atoms with E-state index in [1.165, 1.54) is 0 Å². The van der Waals surface area contributed by atoms with E-state index in [4.69, 9.17) is 10.5 Å². The van der Waals surface area contributed by atoms with Gasteiger partial charge in [0.15, 0.2) is 5.82 Å². The van der Waals surface area contributed by atoms with Gasteiger partial charge in [0.05, 0.1) is 11.2 Å². The number of aromatic nitrogens is 5. The molecule has 3 aromatic rings. The minimum absolute atomic E-state index is 0.0951. The van der Waals surface area contributed by atoms with Crippen molar-refractivity contribution in [3.05, 3.63) is 28.3 Å². The number of hydrogen-bond acceptors (Lipinski definition) is 6. The Hall–Kier alpha value is -3.14. The highest BCUT2D eigenvalue weighted by Gasteiger charge is 2.26. The summed E-state index contributed by atoms with van der Waals surface area (Å²) in [5, 5.41) is 11.7. The zero-order valence-corrected chi connectivity index (χ0v) is 16.8. The molecule has 0 aliphatic carbocycles. The van der Waals surface area contributed by atoms with Gasteiger partial charge in [0, 0.05) is 51.7 Å². The Morgan fingerprint density at radius 2 is 2.14 bits per heavy atom. The quantitative estimate of drug-likeness (QED) is 0.674. The van der Waals surface area contributed by atoms with Gasteiger partial charge in [-0.25, -0.2) is 0 Å². The smallest absolute Gasteiger partial charge is 0.272 e. The zero-order chi connectivity index (χ0) is 20.7. The molecule has 0 bridgehead atoms. The van der Waals surface area contributed by atoms with Crippen molar-refractivity contribution in [3.8, 4) is 11.3 Å². The number of nitrogens with zero attached hydrogens (tertiary/aromatic N) is 5. The van der Waals surface area contributed by atoms with Gasteiger partial charge >= 0.3 is 0 Å². The van der Waals surface area contributed by atoms with Gasteiger partial charge < -0.3 is 19.9 Å². The van der Waals surface area contributed by atoms with Crippen molar-refractivity contribution in [1.82, 2.24) is 29.4 Å². The second kappa shape index (κ2) is 7.36. The summed E-state index contributed by atoms with van der Waals surface area (Å²) < 4.78 is 8.53. The van der Waals surface area contributed by atoms with E-state index < -0.39 is 0 Å². The number of anilines is 1. The Labute approximate surface area is 167 Å². The summed E-state index contributed by atoms with van der Waals surface area (Å²) in [6.45, 7) is 3.69. The van der Waals surface area contributed by atoms with Crippen LogP contribution in [0.3, 0.4) is 0 Å². The van der Waals surface area contributed by atoms with Gasteiger partial charge in [-0.15, -0.1) is 0 Å². The Morgan fingerprint density at radius 1 is 1.41 bits per heavy atom.